The largest absolute Gasteiger partial charge is 0.488 e. The van der Waals surface area contributed by atoms with E-state index >= 15 is 0 Å². The lowest BCUT2D eigenvalue weighted by Crippen LogP contribution is -2.31. The van der Waals surface area contributed by atoms with Gasteiger partial charge in [0.25, 0.3) is 0 Å². The molecule has 0 aliphatic heterocycles. The summed E-state index contributed by atoms with van der Waals surface area (Å²) in [5, 5.41) is 0. The average Bonchev–Trinajstić information content (AvgIpc) is 2.12. The Labute approximate surface area is 92.4 Å². The van der Waals surface area contributed by atoms with Crippen LogP contribution in [0, 0.1) is 13.8 Å². The maximum absolute atomic E-state index is 5.97. The Bertz CT molecular complexity index is 331. The van der Waals surface area contributed by atoms with Crippen LogP contribution in [0.3, 0.4) is 0 Å². The maximum atomic E-state index is 5.97. The van der Waals surface area contributed by atoms with E-state index in [1.807, 2.05) is 12.1 Å². The Kier molecular flexibility index (Phi) is 3.75. The van der Waals surface area contributed by atoms with Gasteiger partial charge < -0.3 is 10.5 Å². The van der Waals surface area contributed by atoms with Crippen molar-refractivity contribution in [2.45, 2.75) is 39.7 Å². The van der Waals surface area contributed by atoms with Gasteiger partial charge in [0.05, 0.1) is 0 Å². The number of aryl methyl sites for hydroxylation is 1. The van der Waals surface area contributed by atoms with Gasteiger partial charge in [-0.3, -0.25) is 0 Å². The Morgan fingerprint density at radius 2 is 1.93 bits per heavy atom. The van der Waals surface area contributed by atoms with Gasteiger partial charge in [-0.1, -0.05) is 12.1 Å². The Morgan fingerprint density at radius 3 is 2.53 bits per heavy atom. The van der Waals surface area contributed by atoms with Crippen molar-refractivity contribution >= 4 is 0 Å². The quantitative estimate of drug-likeness (QED) is 0.824. The lowest BCUT2D eigenvalue weighted by molar-refractivity contribution is 0.101. The molecule has 2 heteroatoms. The predicted molar refractivity (Wildman–Crippen MR) is 64.3 cm³/mol. The molecule has 0 aliphatic carbocycles. The Hall–Kier alpha value is -1.02. The molecule has 0 radical (unpaired) electrons. The summed E-state index contributed by atoms with van der Waals surface area (Å²) in [6, 6.07) is 6.13. The molecule has 0 aliphatic rings. The first-order valence-electron chi connectivity index (χ1n) is 5.41. The summed E-state index contributed by atoms with van der Waals surface area (Å²) in [6.45, 7) is 8.97. The van der Waals surface area contributed by atoms with Gasteiger partial charge in [0.2, 0.25) is 0 Å². The smallest absolute Gasteiger partial charge is 0.123 e. The van der Waals surface area contributed by atoms with Gasteiger partial charge in [0.15, 0.2) is 0 Å². The van der Waals surface area contributed by atoms with Crippen molar-refractivity contribution in [2.24, 2.45) is 5.73 Å². The predicted octanol–water partition coefficient (Wildman–Crippen LogP) is 2.81. The third-order valence-corrected chi connectivity index (χ3v) is 2.69. The van der Waals surface area contributed by atoms with Crippen molar-refractivity contribution in [3.05, 3.63) is 29.3 Å². The molecule has 0 amide bonds. The van der Waals surface area contributed by atoms with Crippen LogP contribution in [-0.2, 0) is 0 Å². The molecular formula is C13H21NO. The minimum Gasteiger partial charge on any atom is -0.488 e. The highest BCUT2D eigenvalue weighted by molar-refractivity contribution is 5.38. The molecule has 1 aromatic rings. The summed E-state index contributed by atoms with van der Waals surface area (Å²) in [5.41, 5.74) is 7.84. The summed E-state index contributed by atoms with van der Waals surface area (Å²) in [7, 11) is 0. The van der Waals surface area contributed by atoms with E-state index in [0.717, 1.165) is 12.2 Å². The zero-order chi connectivity index (χ0) is 11.5. The van der Waals surface area contributed by atoms with Gasteiger partial charge >= 0.3 is 0 Å². The van der Waals surface area contributed by atoms with Gasteiger partial charge in [0, 0.05) is 0 Å². The molecule has 0 atom stereocenters. The fraction of sp³-hybridized carbons (Fsp3) is 0.538. The first kappa shape index (κ1) is 12.1. The van der Waals surface area contributed by atoms with Crippen LogP contribution in [-0.4, -0.2) is 12.1 Å². The van der Waals surface area contributed by atoms with Gasteiger partial charge in [-0.25, -0.2) is 0 Å². The number of hydrogen-bond donors (Lipinski definition) is 1. The molecule has 0 fully saturated rings. The second-order valence-electron chi connectivity index (χ2n) is 4.60. The van der Waals surface area contributed by atoms with Gasteiger partial charge in [0.1, 0.15) is 11.4 Å². The molecule has 2 nitrogen and oxygen atoms in total. The fourth-order valence-corrected chi connectivity index (χ4v) is 1.53. The minimum atomic E-state index is -0.187. The number of ether oxygens (including phenoxy) is 1. The van der Waals surface area contributed by atoms with Crippen LogP contribution in [0.15, 0.2) is 18.2 Å². The Balaban J connectivity index is 2.85. The molecule has 0 saturated carbocycles. The van der Waals surface area contributed by atoms with Crippen molar-refractivity contribution in [2.75, 3.05) is 6.54 Å². The zero-order valence-electron chi connectivity index (χ0n) is 10.1. The lowest BCUT2D eigenvalue weighted by atomic mass is 10.0. The summed E-state index contributed by atoms with van der Waals surface area (Å²) in [5.74, 6) is 0.966. The highest BCUT2D eigenvalue weighted by atomic mass is 16.5. The highest BCUT2D eigenvalue weighted by Gasteiger charge is 2.19. The molecule has 2 N–H and O–H groups in total. The second kappa shape index (κ2) is 4.67. The Morgan fingerprint density at radius 1 is 1.27 bits per heavy atom. The van der Waals surface area contributed by atoms with E-state index in [2.05, 4.69) is 33.8 Å². The third kappa shape index (κ3) is 3.24. The van der Waals surface area contributed by atoms with Crippen molar-refractivity contribution in [3.63, 3.8) is 0 Å². The number of nitrogens with two attached hydrogens (primary N) is 1. The van der Waals surface area contributed by atoms with Gasteiger partial charge in [-0.05, 0) is 57.9 Å². The number of rotatable bonds is 4. The monoisotopic (exact) mass is 207 g/mol. The van der Waals surface area contributed by atoms with E-state index < -0.39 is 0 Å². The molecule has 0 bridgehead atoms. The first-order valence-corrected chi connectivity index (χ1v) is 5.41. The van der Waals surface area contributed by atoms with E-state index in [9.17, 15) is 0 Å². The van der Waals surface area contributed by atoms with Crippen LogP contribution in [0.4, 0.5) is 0 Å². The van der Waals surface area contributed by atoms with Crippen LogP contribution in [0.2, 0.25) is 0 Å². The molecule has 0 spiro atoms. The summed E-state index contributed by atoms with van der Waals surface area (Å²) < 4.78 is 5.97. The summed E-state index contributed by atoms with van der Waals surface area (Å²) in [6.07, 6.45) is 0.861. The second-order valence-corrected chi connectivity index (χ2v) is 4.60. The molecular weight excluding hydrogens is 186 g/mol. The van der Waals surface area contributed by atoms with Crippen molar-refractivity contribution in [1.82, 2.24) is 0 Å². The van der Waals surface area contributed by atoms with Gasteiger partial charge in [-0.15, -0.1) is 0 Å². The normalized spacial score (nSPS) is 11.5. The van der Waals surface area contributed by atoms with E-state index in [0.29, 0.717) is 6.54 Å². The van der Waals surface area contributed by atoms with Crippen LogP contribution in [0.25, 0.3) is 0 Å². The topological polar surface area (TPSA) is 35.2 Å². The van der Waals surface area contributed by atoms with E-state index in [1.54, 1.807) is 0 Å². The summed E-state index contributed by atoms with van der Waals surface area (Å²) >= 11 is 0. The summed E-state index contributed by atoms with van der Waals surface area (Å²) in [4.78, 5) is 0. The SMILES string of the molecule is Cc1cccc(OC(C)(C)CCN)c1C. The minimum absolute atomic E-state index is 0.187. The maximum Gasteiger partial charge on any atom is 0.123 e. The fourth-order valence-electron chi connectivity index (χ4n) is 1.53. The molecule has 0 unspecified atom stereocenters. The standard InChI is InChI=1S/C13H21NO/c1-10-6-5-7-12(11(10)2)15-13(3,4)8-9-14/h5-7H,8-9,14H2,1-4H3. The average molecular weight is 207 g/mol. The van der Waals surface area contributed by atoms with Crippen molar-refractivity contribution in [1.29, 1.82) is 0 Å². The number of hydrogen-bond acceptors (Lipinski definition) is 2. The van der Waals surface area contributed by atoms with Crippen LogP contribution in [0.5, 0.6) is 5.75 Å². The van der Waals surface area contributed by atoms with E-state index in [-0.39, 0.29) is 5.60 Å². The van der Waals surface area contributed by atoms with Crippen molar-refractivity contribution in [3.8, 4) is 5.75 Å². The molecule has 0 heterocycles. The van der Waals surface area contributed by atoms with E-state index in [1.165, 1.54) is 11.1 Å². The molecule has 0 saturated heterocycles. The molecule has 0 aromatic heterocycles. The molecule has 15 heavy (non-hydrogen) atoms. The van der Waals surface area contributed by atoms with Crippen LogP contribution >= 0.6 is 0 Å². The van der Waals surface area contributed by atoms with E-state index in [4.69, 9.17) is 10.5 Å². The van der Waals surface area contributed by atoms with Crippen LogP contribution < -0.4 is 10.5 Å². The van der Waals surface area contributed by atoms with Crippen LogP contribution in [0.1, 0.15) is 31.4 Å². The molecule has 1 rings (SSSR count). The van der Waals surface area contributed by atoms with Gasteiger partial charge in [-0.2, -0.15) is 0 Å². The third-order valence-electron chi connectivity index (χ3n) is 2.69. The highest BCUT2D eigenvalue weighted by Crippen LogP contribution is 2.26. The lowest BCUT2D eigenvalue weighted by Gasteiger charge is -2.27. The van der Waals surface area contributed by atoms with Crippen molar-refractivity contribution < 1.29 is 4.74 Å². The number of benzene rings is 1. The molecule has 84 valence electrons. The zero-order valence-corrected chi connectivity index (χ0v) is 10.1. The molecule has 1 aromatic carbocycles. The first-order chi connectivity index (χ1) is 6.96.